The minimum absolute atomic E-state index is 0.0598. The summed E-state index contributed by atoms with van der Waals surface area (Å²) in [4.78, 5) is 57.4. The van der Waals surface area contributed by atoms with Crippen LogP contribution in [0.25, 0.3) is 0 Å². The predicted octanol–water partition coefficient (Wildman–Crippen LogP) is 5.50. The van der Waals surface area contributed by atoms with E-state index >= 15 is 0 Å². The summed E-state index contributed by atoms with van der Waals surface area (Å²) >= 11 is 17.9. The number of benzene rings is 2. The van der Waals surface area contributed by atoms with Crippen molar-refractivity contribution in [2.45, 2.75) is 60.4 Å². The van der Waals surface area contributed by atoms with Gasteiger partial charge in [-0.25, -0.2) is 0 Å². The molecule has 0 radical (unpaired) electrons. The average molecular weight is 742 g/mol. The topological polar surface area (TPSA) is 98.2 Å². The molecule has 246 valence electrons. The Labute approximate surface area is 292 Å². The molecule has 7 rings (SSSR count). The van der Waals surface area contributed by atoms with Gasteiger partial charge in [0.05, 0.1) is 17.3 Å². The maximum Gasteiger partial charge on any atom is 0.254 e. The van der Waals surface area contributed by atoms with Crippen LogP contribution in [0.1, 0.15) is 48.3 Å². The fraction of sp³-hybridized carbons (Fsp3) is 0.444. The number of nitrogens with zero attached hydrogens (tertiary/aromatic N) is 3. The second-order valence-corrected chi connectivity index (χ2v) is 15.1. The number of carbonyl (C=O) groups excluding carboxylic acids is 4. The molecule has 2 aromatic carbocycles. The molecular formula is C36H36BrCl2N3O5. The van der Waals surface area contributed by atoms with Gasteiger partial charge in [0.1, 0.15) is 5.75 Å². The average Bonchev–Trinajstić information content (AvgIpc) is 3.41. The number of phenolic OH excluding ortho intramolecular Hbond substituents is 1. The highest BCUT2D eigenvalue weighted by atomic mass is 79.9. The van der Waals surface area contributed by atoms with Crippen molar-refractivity contribution in [3.05, 3.63) is 89.5 Å². The molecule has 2 aromatic rings. The first-order valence-electron chi connectivity index (χ1n) is 16.1. The monoisotopic (exact) mass is 739 g/mol. The third kappa shape index (κ3) is 4.78. The van der Waals surface area contributed by atoms with Gasteiger partial charge in [-0.05, 0) is 49.1 Å². The molecule has 8 nitrogen and oxygen atoms in total. The van der Waals surface area contributed by atoms with Crippen molar-refractivity contribution in [3.8, 4) is 5.75 Å². The van der Waals surface area contributed by atoms with Crippen molar-refractivity contribution in [2.75, 3.05) is 18.5 Å². The number of hydrogen-bond donors (Lipinski definition) is 1. The molecule has 4 fully saturated rings. The number of para-hydroxylation sites is 1. The van der Waals surface area contributed by atoms with Crippen LogP contribution >= 0.6 is 39.1 Å². The van der Waals surface area contributed by atoms with Crippen molar-refractivity contribution < 1.29 is 24.3 Å². The number of phenols is 1. The number of halogens is 3. The number of imide groups is 2. The molecule has 5 aliphatic rings. The van der Waals surface area contributed by atoms with E-state index in [2.05, 4.69) is 39.5 Å². The molecule has 4 amide bonds. The van der Waals surface area contributed by atoms with Gasteiger partial charge in [-0.1, -0.05) is 82.2 Å². The lowest BCUT2D eigenvalue weighted by molar-refractivity contribution is -0.144. The molecule has 0 spiro atoms. The minimum atomic E-state index is -1.96. The molecule has 2 aliphatic carbocycles. The molecule has 3 saturated heterocycles. The summed E-state index contributed by atoms with van der Waals surface area (Å²) in [7, 11) is 0. The van der Waals surface area contributed by atoms with Gasteiger partial charge in [0, 0.05) is 37.2 Å². The van der Waals surface area contributed by atoms with E-state index in [-0.39, 0.29) is 35.5 Å². The maximum atomic E-state index is 14.4. The number of aromatic hydroxyl groups is 1. The van der Waals surface area contributed by atoms with E-state index in [0.717, 1.165) is 24.5 Å². The summed E-state index contributed by atoms with van der Waals surface area (Å²) in [5.74, 6) is -4.79. The zero-order chi connectivity index (χ0) is 33.2. The maximum absolute atomic E-state index is 14.4. The second kappa shape index (κ2) is 12.2. The van der Waals surface area contributed by atoms with Crippen LogP contribution in [-0.4, -0.2) is 77.8 Å². The smallest absolute Gasteiger partial charge is 0.254 e. The lowest BCUT2D eigenvalue weighted by Crippen LogP contribution is -2.60. The third-order valence-electron chi connectivity index (χ3n) is 11.0. The van der Waals surface area contributed by atoms with E-state index in [1.165, 1.54) is 10.5 Å². The van der Waals surface area contributed by atoms with Crippen LogP contribution in [0.3, 0.4) is 0 Å². The summed E-state index contributed by atoms with van der Waals surface area (Å²) in [5.41, 5.74) is 2.73. The number of carbonyl (C=O) groups is 4. The van der Waals surface area contributed by atoms with Crippen LogP contribution in [0, 0.1) is 17.8 Å². The standard InChI is InChI=1S/C36H36BrCl2N3O5/c1-2-7-22-10-6-11-26(30(22)43)29-24-12-13-25-28(27(24)18-35(38)33(46)41(20-37)34(47)36(29,35)39)32(45)42(31(25)44)23-14-16-40(17-15-23)19-21-8-4-3-5-9-21/h2-6,8-12,23,25,27-29,43H,1,7,13-20H2. The predicted molar refractivity (Wildman–Crippen MR) is 182 cm³/mol. The molecule has 3 aliphatic heterocycles. The van der Waals surface area contributed by atoms with Gasteiger partial charge in [-0.15, -0.1) is 29.8 Å². The van der Waals surface area contributed by atoms with E-state index in [9.17, 15) is 24.3 Å². The highest BCUT2D eigenvalue weighted by Crippen LogP contribution is 2.66. The van der Waals surface area contributed by atoms with E-state index in [1.54, 1.807) is 24.3 Å². The molecule has 0 bridgehead atoms. The molecule has 1 saturated carbocycles. The summed E-state index contributed by atoms with van der Waals surface area (Å²) in [5, 5.41) is 11.5. The Morgan fingerprint density at radius 2 is 1.68 bits per heavy atom. The van der Waals surface area contributed by atoms with E-state index in [4.69, 9.17) is 23.2 Å². The largest absolute Gasteiger partial charge is 0.507 e. The van der Waals surface area contributed by atoms with Gasteiger partial charge in [0.15, 0.2) is 9.75 Å². The zero-order valence-corrected chi connectivity index (χ0v) is 28.9. The Kier molecular flexibility index (Phi) is 8.43. The SMILES string of the molecule is C=CCc1cccc(C2C3=CCC4C(=O)N(C5CCN(Cc6ccccc6)CC5)C(=O)C4C3CC3(Cl)C(=O)N(CBr)C(=O)C23Cl)c1O. The van der Waals surface area contributed by atoms with Crippen LogP contribution in [0.2, 0.25) is 0 Å². The quantitative estimate of drug-likeness (QED) is 0.175. The van der Waals surface area contributed by atoms with Gasteiger partial charge in [0.25, 0.3) is 11.8 Å². The summed E-state index contributed by atoms with van der Waals surface area (Å²) in [6, 6.07) is 15.2. The number of alkyl halides is 3. The first kappa shape index (κ1) is 32.6. The highest BCUT2D eigenvalue weighted by molar-refractivity contribution is 9.09. The Hall–Kier alpha value is -2.98. The minimum Gasteiger partial charge on any atom is -0.507 e. The van der Waals surface area contributed by atoms with Crippen molar-refractivity contribution in [3.63, 3.8) is 0 Å². The normalized spacial score (nSPS) is 32.7. The molecule has 47 heavy (non-hydrogen) atoms. The first-order valence-corrected chi connectivity index (χ1v) is 18.0. The van der Waals surface area contributed by atoms with Gasteiger partial charge in [-0.3, -0.25) is 33.9 Å². The number of amides is 4. The van der Waals surface area contributed by atoms with Crippen LogP contribution in [0.4, 0.5) is 0 Å². The Morgan fingerprint density at radius 1 is 0.957 bits per heavy atom. The van der Waals surface area contributed by atoms with Crippen LogP contribution in [-0.2, 0) is 32.1 Å². The zero-order valence-electron chi connectivity index (χ0n) is 25.8. The molecule has 6 unspecified atom stereocenters. The first-order chi connectivity index (χ1) is 22.6. The molecule has 0 aromatic heterocycles. The molecule has 11 heteroatoms. The Morgan fingerprint density at radius 3 is 2.36 bits per heavy atom. The summed E-state index contributed by atoms with van der Waals surface area (Å²) < 4.78 is 0. The molecule has 3 heterocycles. The lowest BCUT2D eigenvalue weighted by atomic mass is 9.56. The lowest BCUT2D eigenvalue weighted by Gasteiger charge is -2.51. The molecular weight excluding hydrogens is 705 g/mol. The van der Waals surface area contributed by atoms with Crippen molar-refractivity contribution in [1.82, 2.24) is 14.7 Å². The van der Waals surface area contributed by atoms with Crippen molar-refractivity contribution >= 4 is 62.8 Å². The van der Waals surface area contributed by atoms with E-state index < -0.39 is 45.2 Å². The number of fused-ring (bicyclic) bond motifs is 4. The second-order valence-electron chi connectivity index (χ2n) is 13.4. The number of rotatable bonds is 7. The third-order valence-corrected chi connectivity index (χ3v) is 13.0. The van der Waals surface area contributed by atoms with Crippen molar-refractivity contribution in [1.29, 1.82) is 0 Å². The Balaban J connectivity index is 1.23. The number of allylic oxidation sites excluding steroid dienone is 3. The molecule has 6 atom stereocenters. The van der Waals surface area contributed by atoms with Crippen LogP contribution in [0.15, 0.2) is 72.8 Å². The highest BCUT2D eigenvalue weighted by Gasteiger charge is 2.76. The van der Waals surface area contributed by atoms with Crippen LogP contribution < -0.4 is 0 Å². The van der Waals surface area contributed by atoms with Crippen molar-refractivity contribution in [2.24, 2.45) is 17.8 Å². The van der Waals surface area contributed by atoms with Gasteiger partial charge < -0.3 is 5.11 Å². The summed E-state index contributed by atoms with van der Waals surface area (Å²) in [6.07, 6.45) is 5.51. The van der Waals surface area contributed by atoms with E-state index in [1.807, 2.05) is 24.3 Å². The Bertz CT molecular complexity index is 1690. The number of likely N-dealkylation sites (tertiary alicyclic amines) is 3. The number of hydrogen-bond acceptors (Lipinski definition) is 6. The van der Waals surface area contributed by atoms with Gasteiger partial charge in [0.2, 0.25) is 11.8 Å². The fourth-order valence-corrected chi connectivity index (χ4v) is 10.2. The summed E-state index contributed by atoms with van der Waals surface area (Å²) in [6.45, 7) is 6.13. The molecule has 1 N–H and O–H groups in total. The van der Waals surface area contributed by atoms with Crippen LogP contribution in [0.5, 0.6) is 5.75 Å². The van der Waals surface area contributed by atoms with Gasteiger partial charge >= 0.3 is 0 Å². The van der Waals surface area contributed by atoms with Gasteiger partial charge in [-0.2, -0.15) is 0 Å². The number of piperidine rings is 1. The van der Waals surface area contributed by atoms with E-state index in [0.29, 0.717) is 42.4 Å². The fourth-order valence-electron chi connectivity index (χ4n) is 8.82.